The average Bonchev–Trinajstić information content (AvgIpc) is 2.89. The fourth-order valence-electron chi connectivity index (χ4n) is 1.99. The molecule has 1 nitrogen and oxygen atoms in total. The molecule has 0 aromatic heterocycles. The lowest BCUT2D eigenvalue weighted by molar-refractivity contribution is 0.334. The van der Waals surface area contributed by atoms with Crippen molar-refractivity contribution in [2.45, 2.75) is 46.5 Å². The summed E-state index contributed by atoms with van der Waals surface area (Å²) in [6.07, 6.45) is 13.5. The molecule has 0 aromatic carbocycles. The second-order valence-corrected chi connectivity index (χ2v) is 4.12. The number of allylic oxidation sites excluding steroid dienone is 5. The molecule has 1 saturated heterocycles. The molecule has 98 valence electrons. The van der Waals surface area contributed by atoms with E-state index in [1.54, 1.807) is 0 Å². The number of hydrogen-bond acceptors (Lipinski definition) is 1. The van der Waals surface area contributed by atoms with E-state index in [1.807, 2.05) is 26.8 Å². The highest BCUT2D eigenvalue weighted by Gasteiger charge is 2.10. The summed E-state index contributed by atoms with van der Waals surface area (Å²) >= 11 is 0. The van der Waals surface area contributed by atoms with Crippen molar-refractivity contribution in [2.24, 2.45) is 0 Å². The molecule has 1 heteroatoms. The zero-order valence-corrected chi connectivity index (χ0v) is 11.9. The van der Waals surface area contributed by atoms with E-state index in [2.05, 4.69) is 29.7 Å². The third kappa shape index (κ3) is 7.98. The Bertz CT molecular complexity index is 232. The molecule has 1 aliphatic rings. The quantitative estimate of drug-likeness (QED) is 0.609. The number of hydrogen-bond donors (Lipinski definition) is 0. The van der Waals surface area contributed by atoms with E-state index >= 15 is 0 Å². The first-order valence-electron chi connectivity index (χ1n) is 7.03. The van der Waals surface area contributed by atoms with Gasteiger partial charge in [-0.25, -0.2) is 0 Å². The Morgan fingerprint density at radius 1 is 1.24 bits per heavy atom. The normalized spacial score (nSPS) is 17.0. The van der Waals surface area contributed by atoms with Gasteiger partial charge in [0.05, 0.1) is 0 Å². The highest BCUT2D eigenvalue weighted by molar-refractivity contribution is 5.21. The van der Waals surface area contributed by atoms with Crippen LogP contribution in [0.25, 0.3) is 0 Å². The van der Waals surface area contributed by atoms with Crippen molar-refractivity contribution in [2.75, 3.05) is 19.6 Å². The van der Waals surface area contributed by atoms with E-state index in [0.717, 1.165) is 6.42 Å². The molecule has 0 saturated carbocycles. The molecule has 17 heavy (non-hydrogen) atoms. The minimum absolute atomic E-state index is 1.16. The van der Waals surface area contributed by atoms with Crippen LogP contribution in [0, 0.1) is 0 Å². The van der Waals surface area contributed by atoms with Crippen LogP contribution in [0.3, 0.4) is 0 Å². The molecule has 0 radical (unpaired) electrons. The Hall–Kier alpha value is -0.820. The first kappa shape index (κ1) is 16.2. The second kappa shape index (κ2) is 11.7. The molecule has 1 aliphatic heterocycles. The lowest BCUT2D eigenvalue weighted by Gasteiger charge is -2.13. The lowest BCUT2D eigenvalue weighted by atomic mass is 10.1. The van der Waals surface area contributed by atoms with Crippen molar-refractivity contribution < 1.29 is 0 Å². The summed E-state index contributed by atoms with van der Waals surface area (Å²) < 4.78 is 0. The van der Waals surface area contributed by atoms with Crippen LogP contribution in [0.2, 0.25) is 0 Å². The van der Waals surface area contributed by atoms with Gasteiger partial charge in [0, 0.05) is 0 Å². The molecule has 0 atom stereocenters. The molecular weight excluding hydrogens is 206 g/mol. The summed E-state index contributed by atoms with van der Waals surface area (Å²) in [5.74, 6) is 0. The van der Waals surface area contributed by atoms with Gasteiger partial charge in [-0.1, -0.05) is 44.7 Å². The van der Waals surface area contributed by atoms with Gasteiger partial charge in [-0.3, -0.25) is 0 Å². The highest BCUT2D eigenvalue weighted by Crippen LogP contribution is 2.11. The standard InChI is InChI=1S/C14H23N.C2H6/c1-3-5-9-14(4-2)10-8-13-15-11-6-7-12-15;1-2/h3-5,9H,2,6-8,10-13H2,1H3;1-2H3/b5-3-,14-9+;. The number of nitrogens with zero attached hydrogens (tertiary/aromatic N) is 1. The van der Waals surface area contributed by atoms with Crippen LogP contribution >= 0.6 is 0 Å². The minimum atomic E-state index is 1.16. The zero-order valence-electron chi connectivity index (χ0n) is 11.9. The molecule has 1 rings (SSSR count). The van der Waals surface area contributed by atoms with Crippen molar-refractivity contribution >= 4 is 0 Å². The Morgan fingerprint density at radius 3 is 2.41 bits per heavy atom. The summed E-state index contributed by atoms with van der Waals surface area (Å²) in [6, 6.07) is 0. The van der Waals surface area contributed by atoms with E-state index in [1.165, 1.54) is 44.5 Å². The van der Waals surface area contributed by atoms with Crippen LogP contribution in [0.15, 0.2) is 36.5 Å². The van der Waals surface area contributed by atoms with Crippen LogP contribution < -0.4 is 0 Å². The van der Waals surface area contributed by atoms with Crippen LogP contribution in [-0.4, -0.2) is 24.5 Å². The van der Waals surface area contributed by atoms with Crippen LogP contribution in [0.5, 0.6) is 0 Å². The number of rotatable bonds is 6. The van der Waals surface area contributed by atoms with Gasteiger partial charge in [0.15, 0.2) is 0 Å². The summed E-state index contributed by atoms with van der Waals surface area (Å²) in [6.45, 7) is 13.8. The molecule has 0 bridgehead atoms. The summed E-state index contributed by atoms with van der Waals surface area (Å²) in [4.78, 5) is 2.57. The Morgan fingerprint density at radius 2 is 1.88 bits per heavy atom. The molecule has 0 amide bonds. The number of likely N-dealkylation sites (tertiary alicyclic amines) is 1. The summed E-state index contributed by atoms with van der Waals surface area (Å²) in [7, 11) is 0. The molecule has 0 N–H and O–H groups in total. The molecule has 1 fully saturated rings. The maximum Gasteiger partial charge on any atom is -0.00156 e. The van der Waals surface area contributed by atoms with E-state index in [9.17, 15) is 0 Å². The highest BCUT2D eigenvalue weighted by atomic mass is 15.1. The molecule has 1 heterocycles. The first-order valence-corrected chi connectivity index (χ1v) is 7.03. The van der Waals surface area contributed by atoms with Gasteiger partial charge < -0.3 is 4.90 Å². The monoisotopic (exact) mass is 235 g/mol. The SMILES string of the molecule is C=C/C(=C\C=C/C)CCCN1CCCC1.CC. The molecule has 0 spiro atoms. The smallest absolute Gasteiger partial charge is 0.00156 e. The van der Waals surface area contributed by atoms with Gasteiger partial charge in [0.25, 0.3) is 0 Å². The lowest BCUT2D eigenvalue weighted by Crippen LogP contribution is -2.20. The van der Waals surface area contributed by atoms with Gasteiger partial charge in [-0.2, -0.15) is 0 Å². The Labute approximate surface area is 108 Å². The molecule has 0 aromatic rings. The van der Waals surface area contributed by atoms with Crippen molar-refractivity contribution in [3.05, 3.63) is 36.5 Å². The summed E-state index contributed by atoms with van der Waals surface area (Å²) in [5, 5.41) is 0. The third-order valence-corrected chi connectivity index (χ3v) is 2.90. The second-order valence-electron chi connectivity index (χ2n) is 4.12. The van der Waals surface area contributed by atoms with Crippen molar-refractivity contribution in [1.82, 2.24) is 4.90 Å². The van der Waals surface area contributed by atoms with Crippen molar-refractivity contribution in [3.63, 3.8) is 0 Å². The molecule has 0 aliphatic carbocycles. The Kier molecular flexibility index (Phi) is 11.1. The fraction of sp³-hybridized carbons (Fsp3) is 0.625. The van der Waals surface area contributed by atoms with Gasteiger partial charge in [-0.05, 0) is 57.8 Å². The van der Waals surface area contributed by atoms with Gasteiger partial charge in [0.1, 0.15) is 0 Å². The van der Waals surface area contributed by atoms with Crippen LogP contribution in [-0.2, 0) is 0 Å². The molecular formula is C16H29N. The van der Waals surface area contributed by atoms with Crippen molar-refractivity contribution in [3.8, 4) is 0 Å². The minimum Gasteiger partial charge on any atom is -0.303 e. The van der Waals surface area contributed by atoms with Crippen LogP contribution in [0.1, 0.15) is 46.5 Å². The van der Waals surface area contributed by atoms with E-state index < -0.39 is 0 Å². The fourth-order valence-corrected chi connectivity index (χ4v) is 1.99. The largest absolute Gasteiger partial charge is 0.303 e. The van der Waals surface area contributed by atoms with Gasteiger partial charge >= 0.3 is 0 Å². The maximum absolute atomic E-state index is 3.85. The maximum atomic E-state index is 3.85. The molecule has 0 unspecified atom stereocenters. The predicted octanol–water partition coefficient (Wildman–Crippen LogP) is 4.58. The summed E-state index contributed by atoms with van der Waals surface area (Å²) in [5.41, 5.74) is 1.35. The van der Waals surface area contributed by atoms with Gasteiger partial charge in [0.2, 0.25) is 0 Å². The first-order chi connectivity index (χ1) is 8.36. The van der Waals surface area contributed by atoms with Crippen molar-refractivity contribution in [1.29, 1.82) is 0 Å². The average molecular weight is 235 g/mol. The van der Waals surface area contributed by atoms with E-state index in [0.29, 0.717) is 0 Å². The van der Waals surface area contributed by atoms with Crippen LogP contribution in [0.4, 0.5) is 0 Å². The topological polar surface area (TPSA) is 3.24 Å². The van der Waals surface area contributed by atoms with Gasteiger partial charge in [-0.15, -0.1) is 0 Å². The Balaban J connectivity index is 0.00000121. The van der Waals surface area contributed by atoms with E-state index in [4.69, 9.17) is 0 Å². The third-order valence-electron chi connectivity index (χ3n) is 2.90. The predicted molar refractivity (Wildman–Crippen MR) is 79.4 cm³/mol. The van der Waals surface area contributed by atoms with E-state index in [-0.39, 0.29) is 0 Å². The zero-order chi connectivity index (χ0) is 12.9.